The number of rotatable bonds is 3. The maximum Gasteiger partial charge on any atom is 0.402 e. The molecule has 7 heteroatoms. The summed E-state index contributed by atoms with van der Waals surface area (Å²) in [6.07, 6.45) is -3.20. The molecule has 0 saturated heterocycles. The van der Waals surface area contributed by atoms with Gasteiger partial charge in [-0.2, -0.15) is 13.2 Å². The Hall–Kier alpha value is -2.44. The maximum atomic E-state index is 12.9. The molecular weight excluding hydrogens is 307 g/mol. The predicted molar refractivity (Wildman–Crippen MR) is 80.7 cm³/mol. The molecule has 1 aromatic carbocycles. The van der Waals surface area contributed by atoms with Crippen LogP contribution in [0, 0.1) is 12.3 Å². The molecule has 0 fully saturated rings. The van der Waals surface area contributed by atoms with Gasteiger partial charge in [0.15, 0.2) is 0 Å². The highest BCUT2D eigenvalue weighted by atomic mass is 19.4. The smallest absolute Gasteiger partial charge is 0.294 e. The molecule has 1 heterocycles. The summed E-state index contributed by atoms with van der Waals surface area (Å²) in [6.45, 7) is 3.41. The number of halogens is 3. The molecule has 1 aromatic heterocycles. The van der Waals surface area contributed by atoms with Crippen LogP contribution in [0.15, 0.2) is 36.5 Å². The van der Waals surface area contributed by atoms with Crippen LogP contribution in [0.2, 0.25) is 0 Å². The van der Waals surface area contributed by atoms with E-state index in [1.165, 1.54) is 6.20 Å². The van der Waals surface area contributed by atoms with Crippen molar-refractivity contribution in [2.24, 2.45) is 5.41 Å². The zero-order valence-corrected chi connectivity index (χ0v) is 12.9. The lowest BCUT2D eigenvalue weighted by Crippen LogP contribution is -2.43. The second-order valence-electron chi connectivity index (χ2n) is 5.67. The molecule has 0 aliphatic rings. The van der Waals surface area contributed by atoms with Crippen LogP contribution in [0.3, 0.4) is 0 Å². The molecule has 1 amide bonds. The average molecular weight is 323 g/mol. The molecule has 122 valence electrons. The van der Waals surface area contributed by atoms with Gasteiger partial charge in [-0.3, -0.25) is 10.1 Å². The highest BCUT2D eigenvalue weighted by Crippen LogP contribution is 2.38. The van der Waals surface area contributed by atoms with E-state index in [4.69, 9.17) is 0 Å². The molecule has 0 bridgehead atoms. The first kappa shape index (κ1) is 16.9. The van der Waals surface area contributed by atoms with E-state index in [1.807, 2.05) is 30.3 Å². The lowest BCUT2D eigenvalue weighted by Gasteiger charge is -2.25. The van der Waals surface area contributed by atoms with Gasteiger partial charge in [-0.25, -0.2) is 9.97 Å². The molecule has 0 radical (unpaired) electrons. The zero-order chi connectivity index (χ0) is 17.3. The SMILES string of the molecule is Cc1cnc(NC(=O)C(C)(C)C(F)(F)F)nc1-c1ccccc1. The summed E-state index contributed by atoms with van der Waals surface area (Å²) in [7, 11) is 0. The van der Waals surface area contributed by atoms with E-state index in [9.17, 15) is 18.0 Å². The number of carbonyl (C=O) groups is 1. The second-order valence-corrected chi connectivity index (χ2v) is 5.67. The van der Waals surface area contributed by atoms with Gasteiger partial charge in [0.1, 0.15) is 5.41 Å². The largest absolute Gasteiger partial charge is 0.402 e. The Labute approximate surface area is 131 Å². The number of nitrogens with one attached hydrogen (secondary N) is 1. The number of alkyl halides is 3. The van der Waals surface area contributed by atoms with Crippen LogP contribution in [-0.4, -0.2) is 22.1 Å². The van der Waals surface area contributed by atoms with Crippen molar-refractivity contribution < 1.29 is 18.0 Å². The van der Waals surface area contributed by atoms with E-state index in [-0.39, 0.29) is 5.95 Å². The van der Waals surface area contributed by atoms with Crippen LogP contribution in [0.1, 0.15) is 19.4 Å². The van der Waals surface area contributed by atoms with E-state index in [2.05, 4.69) is 15.3 Å². The fraction of sp³-hybridized carbons (Fsp3) is 0.312. The predicted octanol–water partition coefficient (Wildman–Crippen LogP) is 3.98. The van der Waals surface area contributed by atoms with Gasteiger partial charge in [-0.15, -0.1) is 0 Å². The first-order valence-electron chi connectivity index (χ1n) is 6.90. The first-order valence-corrected chi connectivity index (χ1v) is 6.90. The summed E-state index contributed by atoms with van der Waals surface area (Å²) < 4.78 is 38.7. The van der Waals surface area contributed by atoms with Crippen molar-refractivity contribution in [1.29, 1.82) is 0 Å². The van der Waals surface area contributed by atoms with Crippen LogP contribution in [0.4, 0.5) is 19.1 Å². The van der Waals surface area contributed by atoms with E-state index in [0.29, 0.717) is 5.69 Å². The van der Waals surface area contributed by atoms with Crippen molar-refractivity contribution in [2.45, 2.75) is 26.9 Å². The van der Waals surface area contributed by atoms with Gasteiger partial charge in [0.2, 0.25) is 11.9 Å². The van der Waals surface area contributed by atoms with E-state index in [0.717, 1.165) is 25.0 Å². The molecule has 2 rings (SSSR count). The average Bonchev–Trinajstić information content (AvgIpc) is 2.49. The van der Waals surface area contributed by atoms with Gasteiger partial charge in [0.05, 0.1) is 5.69 Å². The Bertz CT molecular complexity index is 712. The highest BCUT2D eigenvalue weighted by molar-refractivity contribution is 5.94. The third-order valence-electron chi connectivity index (χ3n) is 3.52. The van der Waals surface area contributed by atoms with E-state index >= 15 is 0 Å². The molecule has 0 aliphatic heterocycles. The van der Waals surface area contributed by atoms with Gasteiger partial charge >= 0.3 is 6.18 Å². The normalized spacial score (nSPS) is 12.1. The summed E-state index contributed by atoms with van der Waals surface area (Å²) in [6, 6.07) is 9.12. The zero-order valence-electron chi connectivity index (χ0n) is 12.9. The van der Waals surface area contributed by atoms with Gasteiger partial charge in [0.25, 0.3) is 0 Å². The molecule has 0 unspecified atom stereocenters. The summed E-state index contributed by atoms with van der Waals surface area (Å²) >= 11 is 0. The number of benzene rings is 1. The van der Waals surface area contributed by atoms with E-state index in [1.54, 1.807) is 6.92 Å². The van der Waals surface area contributed by atoms with Gasteiger partial charge in [-0.05, 0) is 26.3 Å². The first-order chi connectivity index (χ1) is 10.6. The molecule has 0 aliphatic carbocycles. The molecule has 0 atom stereocenters. The number of nitrogens with zero attached hydrogens (tertiary/aromatic N) is 2. The Morgan fingerprint density at radius 1 is 1.13 bits per heavy atom. The molecule has 23 heavy (non-hydrogen) atoms. The molecule has 1 N–H and O–H groups in total. The Morgan fingerprint density at radius 2 is 1.74 bits per heavy atom. The monoisotopic (exact) mass is 323 g/mol. The van der Waals surface area contributed by atoms with Crippen molar-refractivity contribution in [3.8, 4) is 11.3 Å². The minimum Gasteiger partial charge on any atom is -0.294 e. The van der Waals surface area contributed by atoms with Crippen LogP contribution in [-0.2, 0) is 4.79 Å². The molecule has 4 nitrogen and oxygen atoms in total. The van der Waals surface area contributed by atoms with Crippen molar-refractivity contribution in [3.05, 3.63) is 42.1 Å². The third kappa shape index (κ3) is 3.49. The summed E-state index contributed by atoms with van der Waals surface area (Å²) in [5, 5.41) is 2.14. The topological polar surface area (TPSA) is 54.9 Å². The van der Waals surface area contributed by atoms with Crippen molar-refractivity contribution >= 4 is 11.9 Å². The maximum absolute atomic E-state index is 12.9. The Morgan fingerprint density at radius 3 is 2.30 bits per heavy atom. The summed E-state index contributed by atoms with van der Waals surface area (Å²) in [5.41, 5.74) is -0.434. The number of hydrogen-bond acceptors (Lipinski definition) is 3. The molecular formula is C16H16F3N3O. The van der Waals surface area contributed by atoms with Crippen LogP contribution < -0.4 is 5.32 Å². The lowest BCUT2D eigenvalue weighted by molar-refractivity contribution is -0.208. The quantitative estimate of drug-likeness (QED) is 0.929. The molecule has 0 saturated carbocycles. The standard InChI is InChI=1S/C16H16F3N3O/c1-10-9-20-14(21-12(10)11-7-5-4-6-8-11)22-13(23)15(2,3)16(17,18)19/h4-9H,1-3H3,(H,20,21,22,23). The number of aromatic nitrogens is 2. The van der Waals surface area contributed by atoms with Crippen molar-refractivity contribution in [2.75, 3.05) is 5.32 Å². The number of aryl methyl sites for hydroxylation is 1. The second kappa shape index (κ2) is 5.98. The third-order valence-corrected chi connectivity index (χ3v) is 3.52. The fourth-order valence-electron chi connectivity index (χ4n) is 1.78. The number of amides is 1. The molecule has 0 spiro atoms. The number of anilines is 1. The van der Waals surface area contributed by atoms with Gasteiger partial charge in [0, 0.05) is 11.8 Å². The molecule has 2 aromatic rings. The van der Waals surface area contributed by atoms with Gasteiger partial charge in [-0.1, -0.05) is 30.3 Å². The van der Waals surface area contributed by atoms with Crippen molar-refractivity contribution in [1.82, 2.24) is 9.97 Å². The summed E-state index contributed by atoms with van der Waals surface area (Å²) in [5.74, 6) is -1.36. The fourth-order valence-corrected chi connectivity index (χ4v) is 1.78. The Balaban J connectivity index is 2.31. The van der Waals surface area contributed by atoms with Crippen LogP contribution in [0.25, 0.3) is 11.3 Å². The Kier molecular flexibility index (Phi) is 4.40. The lowest BCUT2D eigenvalue weighted by atomic mass is 9.91. The highest BCUT2D eigenvalue weighted by Gasteiger charge is 2.53. The minimum atomic E-state index is -4.66. The van der Waals surface area contributed by atoms with Crippen LogP contribution in [0.5, 0.6) is 0 Å². The summed E-state index contributed by atoms with van der Waals surface area (Å²) in [4.78, 5) is 20.0. The number of hydrogen-bond donors (Lipinski definition) is 1. The minimum absolute atomic E-state index is 0.156. The number of carbonyl (C=O) groups excluding carboxylic acids is 1. The van der Waals surface area contributed by atoms with Crippen LogP contribution >= 0.6 is 0 Å². The van der Waals surface area contributed by atoms with Gasteiger partial charge < -0.3 is 0 Å². The van der Waals surface area contributed by atoms with E-state index < -0.39 is 17.5 Å². The van der Waals surface area contributed by atoms with Crippen molar-refractivity contribution in [3.63, 3.8) is 0 Å².